The number of fused-ring (bicyclic) bond motifs is 1. The van der Waals surface area contributed by atoms with Crippen LogP contribution >= 0.6 is 0 Å². The van der Waals surface area contributed by atoms with Gasteiger partial charge in [0.2, 0.25) is 5.95 Å². The number of nitrogens with zero attached hydrogens (tertiary/aromatic N) is 3. The van der Waals surface area contributed by atoms with Crippen molar-refractivity contribution in [3.05, 3.63) is 54.7 Å². The Bertz CT molecular complexity index is 1210. The van der Waals surface area contributed by atoms with E-state index in [1.54, 1.807) is 14.2 Å². The first-order valence-electron chi connectivity index (χ1n) is 10.7. The number of rotatable bonds is 5. The Morgan fingerprint density at radius 1 is 0.839 bits per heavy atom. The van der Waals surface area contributed by atoms with Gasteiger partial charge in [-0.15, -0.1) is 0 Å². The standard InChI is InChI=1S/C25H26N4O2/c1-30-23-11-10-17(14-24(23)31-2)21-15-22(19-16-26-20-9-5-4-8-18(19)20)28-25(27-21)29-12-6-3-7-13-29/h4-5,8-11,14-16,26H,3,6-7,12-13H2,1-2H3. The van der Waals surface area contributed by atoms with Crippen molar-refractivity contribution in [3.8, 4) is 34.0 Å². The topological polar surface area (TPSA) is 63.3 Å². The highest BCUT2D eigenvalue weighted by molar-refractivity contribution is 5.95. The zero-order valence-corrected chi connectivity index (χ0v) is 17.9. The van der Waals surface area contributed by atoms with Crippen LogP contribution in [0.4, 0.5) is 5.95 Å². The van der Waals surface area contributed by atoms with Gasteiger partial charge in [0.15, 0.2) is 11.5 Å². The van der Waals surface area contributed by atoms with Crippen LogP contribution in [-0.2, 0) is 0 Å². The predicted molar refractivity (Wildman–Crippen MR) is 124 cm³/mol. The van der Waals surface area contributed by atoms with Gasteiger partial charge in [0.1, 0.15) is 0 Å². The summed E-state index contributed by atoms with van der Waals surface area (Å²) in [5, 5.41) is 1.16. The van der Waals surface area contributed by atoms with Gasteiger partial charge in [-0.2, -0.15) is 0 Å². The van der Waals surface area contributed by atoms with Crippen molar-refractivity contribution in [2.75, 3.05) is 32.2 Å². The minimum absolute atomic E-state index is 0.687. The summed E-state index contributed by atoms with van der Waals surface area (Å²) < 4.78 is 10.9. The van der Waals surface area contributed by atoms with Gasteiger partial charge in [-0.05, 0) is 49.6 Å². The molecule has 0 atom stereocenters. The molecular formula is C25H26N4O2. The van der Waals surface area contributed by atoms with Crippen molar-refractivity contribution in [2.24, 2.45) is 0 Å². The van der Waals surface area contributed by atoms with Crippen LogP contribution in [0.5, 0.6) is 11.5 Å². The van der Waals surface area contributed by atoms with Crippen LogP contribution in [-0.4, -0.2) is 42.3 Å². The molecule has 1 N–H and O–H groups in total. The Balaban J connectivity index is 1.66. The second-order valence-corrected chi connectivity index (χ2v) is 7.80. The number of H-pyrrole nitrogens is 1. The molecule has 2 aromatic heterocycles. The molecule has 0 bridgehead atoms. The largest absolute Gasteiger partial charge is 0.493 e. The lowest BCUT2D eigenvalue weighted by atomic mass is 10.1. The van der Waals surface area contributed by atoms with Crippen molar-refractivity contribution < 1.29 is 9.47 Å². The summed E-state index contributed by atoms with van der Waals surface area (Å²) in [6, 6.07) is 16.3. The summed E-state index contributed by atoms with van der Waals surface area (Å²) in [6.45, 7) is 1.98. The maximum Gasteiger partial charge on any atom is 0.226 e. The molecule has 0 aliphatic carbocycles. The van der Waals surface area contributed by atoms with E-state index in [2.05, 4.69) is 34.1 Å². The van der Waals surface area contributed by atoms with E-state index in [1.807, 2.05) is 30.5 Å². The van der Waals surface area contributed by atoms with Gasteiger partial charge in [-0.3, -0.25) is 0 Å². The SMILES string of the molecule is COc1ccc(-c2cc(-c3c[nH]c4ccccc34)nc(N3CCCCC3)n2)cc1OC. The number of aromatic amines is 1. The lowest BCUT2D eigenvalue weighted by Gasteiger charge is -2.27. The number of benzene rings is 2. The van der Waals surface area contributed by atoms with Gasteiger partial charge in [0.25, 0.3) is 0 Å². The predicted octanol–water partition coefficient (Wildman–Crippen LogP) is 5.30. The molecule has 6 heteroatoms. The molecule has 1 aliphatic heterocycles. The Kier molecular flexibility index (Phi) is 5.20. The first kappa shape index (κ1) is 19.4. The number of anilines is 1. The lowest BCUT2D eigenvalue weighted by Crippen LogP contribution is -2.31. The van der Waals surface area contributed by atoms with Crippen LogP contribution in [0, 0.1) is 0 Å². The van der Waals surface area contributed by atoms with E-state index in [0.717, 1.165) is 52.5 Å². The van der Waals surface area contributed by atoms with Gasteiger partial charge in [-0.25, -0.2) is 9.97 Å². The highest BCUT2D eigenvalue weighted by atomic mass is 16.5. The van der Waals surface area contributed by atoms with Crippen molar-refractivity contribution in [3.63, 3.8) is 0 Å². The molecule has 3 heterocycles. The van der Waals surface area contributed by atoms with E-state index in [1.165, 1.54) is 19.3 Å². The third-order valence-corrected chi connectivity index (χ3v) is 5.90. The van der Waals surface area contributed by atoms with Gasteiger partial charge in [-0.1, -0.05) is 18.2 Å². The molecule has 4 aromatic rings. The monoisotopic (exact) mass is 414 g/mol. The summed E-state index contributed by atoms with van der Waals surface area (Å²) in [5.41, 5.74) is 4.94. The van der Waals surface area contributed by atoms with Crippen molar-refractivity contribution >= 4 is 16.9 Å². The summed E-state index contributed by atoms with van der Waals surface area (Å²) in [6.07, 6.45) is 5.64. The highest BCUT2D eigenvalue weighted by Crippen LogP contribution is 2.35. The van der Waals surface area contributed by atoms with E-state index in [-0.39, 0.29) is 0 Å². The summed E-state index contributed by atoms with van der Waals surface area (Å²) in [7, 11) is 3.30. The molecule has 158 valence electrons. The minimum Gasteiger partial charge on any atom is -0.493 e. The maximum atomic E-state index is 5.52. The van der Waals surface area contributed by atoms with E-state index in [4.69, 9.17) is 19.4 Å². The van der Waals surface area contributed by atoms with Crippen LogP contribution in [0.3, 0.4) is 0 Å². The lowest BCUT2D eigenvalue weighted by molar-refractivity contribution is 0.355. The molecule has 0 unspecified atom stereocenters. The average molecular weight is 415 g/mol. The maximum absolute atomic E-state index is 5.52. The fourth-order valence-corrected chi connectivity index (χ4v) is 4.23. The minimum atomic E-state index is 0.687. The third kappa shape index (κ3) is 3.69. The van der Waals surface area contributed by atoms with E-state index >= 15 is 0 Å². The van der Waals surface area contributed by atoms with Crippen molar-refractivity contribution in [1.82, 2.24) is 15.0 Å². The van der Waals surface area contributed by atoms with Crippen LogP contribution in [0.25, 0.3) is 33.4 Å². The average Bonchev–Trinajstić information content (AvgIpc) is 3.28. The number of hydrogen-bond acceptors (Lipinski definition) is 5. The number of para-hydroxylation sites is 1. The number of hydrogen-bond donors (Lipinski definition) is 1. The van der Waals surface area contributed by atoms with Crippen molar-refractivity contribution in [1.29, 1.82) is 0 Å². The number of ether oxygens (including phenoxy) is 2. The molecule has 0 radical (unpaired) electrons. The first-order valence-corrected chi connectivity index (χ1v) is 10.7. The molecule has 0 saturated carbocycles. The molecule has 0 spiro atoms. The van der Waals surface area contributed by atoms with Crippen molar-refractivity contribution in [2.45, 2.75) is 19.3 Å². The van der Waals surface area contributed by atoms with Crippen LogP contribution in [0.1, 0.15) is 19.3 Å². The molecule has 0 amide bonds. The third-order valence-electron chi connectivity index (χ3n) is 5.90. The fourth-order valence-electron chi connectivity index (χ4n) is 4.23. The number of piperidine rings is 1. The van der Waals surface area contributed by atoms with Gasteiger partial charge in [0, 0.05) is 41.3 Å². The Morgan fingerprint density at radius 3 is 2.42 bits per heavy atom. The van der Waals surface area contributed by atoms with E-state index in [0.29, 0.717) is 11.5 Å². The molecule has 2 aromatic carbocycles. The van der Waals surface area contributed by atoms with Gasteiger partial charge in [0.05, 0.1) is 25.6 Å². The zero-order valence-electron chi connectivity index (χ0n) is 17.9. The number of methoxy groups -OCH3 is 2. The molecule has 1 fully saturated rings. The second-order valence-electron chi connectivity index (χ2n) is 7.80. The molecule has 31 heavy (non-hydrogen) atoms. The molecular weight excluding hydrogens is 388 g/mol. The molecule has 6 nitrogen and oxygen atoms in total. The fraction of sp³-hybridized carbons (Fsp3) is 0.280. The highest BCUT2D eigenvalue weighted by Gasteiger charge is 2.18. The van der Waals surface area contributed by atoms with Gasteiger partial charge >= 0.3 is 0 Å². The molecule has 1 aliphatic rings. The molecule has 1 saturated heterocycles. The Hall–Kier alpha value is -3.54. The smallest absolute Gasteiger partial charge is 0.226 e. The van der Waals surface area contributed by atoms with Gasteiger partial charge < -0.3 is 19.4 Å². The number of aromatic nitrogens is 3. The number of nitrogens with one attached hydrogen (secondary N) is 1. The summed E-state index contributed by atoms with van der Waals surface area (Å²) >= 11 is 0. The molecule has 5 rings (SSSR count). The van der Waals surface area contributed by atoms with E-state index < -0.39 is 0 Å². The Labute approximate surface area is 181 Å². The summed E-state index contributed by atoms with van der Waals surface area (Å²) in [4.78, 5) is 15.6. The quantitative estimate of drug-likeness (QED) is 0.480. The normalized spacial score (nSPS) is 14.1. The van der Waals surface area contributed by atoms with Crippen LogP contribution in [0.15, 0.2) is 54.7 Å². The van der Waals surface area contributed by atoms with E-state index in [9.17, 15) is 0 Å². The first-order chi connectivity index (χ1) is 15.3. The zero-order chi connectivity index (χ0) is 21.2. The second kappa shape index (κ2) is 8.30. The van der Waals surface area contributed by atoms with Crippen LogP contribution in [0.2, 0.25) is 0 Å². The van der Waals surface area contributed by atoms with Crippen LogP contribution < -0.4 is 14.4 Å². The summed E-state index contributed by atoms with van der Waals surface area (Å²) in [5.74, 6) is 2.17. The Morgan fingerprint density at radius 2 is 1.61 bits per heavy atom.